The Morgan fingerprint density at radius 3 is 2.39 bits per heavy atom. The van der Waals surface area contributed by atoms with E-state index in [0.29, 0.717) is 18.7 Å². The fourth-order valence-electron chi connectivity index (χ4n) is 3.87. The van der Waals surface area contributed by atoms with E-state index >= 15 is 0 Å². The Bertz CT molecular complexity index is 1040. The van der Waals surface area contributed by atoms with Crippen LogP contribution in [0, 0.1) is 0 Å². The molecule has 0 bridgehead atoms. The third-order valence-corrected chi connectivity index (χ3v) is 6.81. The maximum absolute atomic E-state index is 12.4. The summed E-state index contributed by atoms with van der Waals surface area (Å²) in [5.41, 5.74) is 1.49. The van der Waals surface area contributed by atoms with Crippen molar-refractivity contribution in [3.05, 3.63) is 42.0 Å². The third kappa shape index (κ3) is 5.31. The lowest BCUT2D eigenvalue weighted by Crippen LogP contribution is -2.48. The van der Waals surface area contributed by atoms with Crippen LogP contribution in [0.3, 0.4) is 0 Å². The van der Waals surface area contributed by atoms with Crippen LogP contribution in [0.15, 0.2) is 36.4 Å². The number of benzene rings is 2. The van der Waals surface area contributed by atoms with Crippen molar-refractivity contribution in [1.29, 1.82) is 0 Å². The van der Waals surface area contributed by atoms with E-state index in [2.05, 4.69) is 15.1 Å². The van der Waals surface area contributed by atoms with E-state index in [1.807, 2.05) is 31.2 Å². The van der Waals surface area contributed by atoms with E-state index in [1.165, 1.54) is 0 Å². The second kappa shape index (κ2) is 10.7. The maximum atomic E-state index is 12.4. The maximum Gasteiger partial charge on any atom is 0.251 e. The molecular weight excluding hydrogens is 440 g/mol. The average Bonchev–Trinajstić information content (AvgIpc) is 3.30. The molecule has 1 aliphatic heterocycles. The number of hydrogen-bond donors (Lipinski definition) is 1. The van der Waals surface area contributed by atoms with Gasteiger partial charge in [0.15, 0.2) is 5.13 Å². The summed E-state index contributed by atoms with van der Waals surface area (Å²) in [6.45, 7) is 7.59. The lowest BCUT2D eigenvalue weighted by Gasteiger charge is -2.34. The van der Waals surface area contributed by atoms with Crippen molar-refractivity contribution >= 4 is 32.6 Å². The molecule has 3 aromatic rings. The first-order valence-electron chi connectivity index (χ1n) is 11.1. The normalized spacial score (nSPS) is 14.3. The van der Waals surface area contributed by atoms with Crippen LogP contribution in [0.1, 0.15) is 17.3 Å². The number of ether oxygens (including phenoxy) is 3. The van der Waals surface area contributed by atoms with Gasteiger partial charge in [0.25, 0.3) is 5.91 Å². The van der Waals surface area contributed by atoms with Crippen molar-refractivity contribution in [3.8, 4) is 17.2 Å². The number of carbonyl (C=O) groups is 1. The van der Waals surface area contributed by atoms with Crippen LogP contribution in [-0.2, 0) is 0 Å². The highest BCUT2D eigenvalue weighted by molar-refractivity contribution is 7.22. The van der Waals surface area contributed by atoms with Gasteiger partial charge in [-0.15, -0.1) is 0 Å². The number of rotatable bonds is 9. The molecule has 1 fully saturated rings. The summed E-state index contributed by atoms with van der Waals surface area (Å²) in [7, 11) is 3.34. The van der Waals surface area contributed by atoms with Crippen molar-refractivity contribution < 1.29 is 19.0 Å². The summed E-state index contributed by atoms with van der Waals surface area (Å²) in [6.07, 6.45) is 0. The number of carbonyl (C=O) groups excluding carboxylic acids is 1. The van der Waals surface area contributed by atoms with Gasteiger partial charge in [0.2, 0.25) is 0 Å². The molecule has 2 heterocycles. The van der Waals surface area contributed by atoms with E-state index < -0.39 is 0 Å². The first kappa shape index (κ1) is 23.1. The molecule has 33 heavy (non-hydrogen) atoms. The minimum atomic E-state index is -0.0611. The van der Waals surface area contributed by atoms with Crippen molar-refractivity contribution in [2.45, 2.75) is 6.92 Å². The van der Waals surface area contributed by atoms with E-state index in [4.69, 9.17) is 19.2 Å². The summed E-state index contributed by atoms with van der Waals surface area (Å²) in [6, 6.07) is 11.0. The molecule has 8 nitrogen and oxygen atoms in total. The zero-order valence-electron chi connectivity index (χ0n) is 19.3. The van der Waals surface area contributed by atoms with Gasteiger partial charge in [0.1, 0.15) is 27.5 Å². The van der Waals surface area contributed by atoms with E-state index in [-0.39, 0.29) is 5.91 Å². The molecule has 1 aliphatic rings. The molecule has 0 radical (unpaired) electrons. The Hall–Kier alpha value is -3.04. The van der Waals surface area contributed by atoms with Crippen molar-refractivity contribution in [2.24, 2.45) is 0 Å². The minimum absolute atomic E-state index is 0.0611. The Morgan fingerprint density at radius 1 is 1.03 bits per heavy atom. The molecule has 9 heteroatoms. The second-order valence-corrected chi connectivity index (χ2v) is 8.66. The van der Waals surface area contributed by atoms with Gasteiger partial charge in [-0.1, -0.05) is 11.3 Å². The zero-order valence-corrected chi connectivity index (χ0v) is 20.1. The highest BCUT2D eigenvalue weighted by atomic mass is 32.1. The zero-order chi connectivity index (χ0) is 23.2. The van der Waals surface area contributed by atoms with Gasteiger partial charge in [0.05, 0.1) is 20.8 Å². The molecule has 4 rings (SSSR count). The number of aromatic nitrogens is 1. The first-order valence-corrected chi connectivity index (χ1v) is 11.9. The largest absolute Gasteiger partial charge is 0.495 e. The summed E-state index contributed by atoms with van der Waals surface area (Å²) in [4.78, 5) is 21.9. The number of hydrogen-bond acceptors (Lipinski definition) is 8. The van der Waals surface area contributed by atoms with Crippen LogP contribution in [-0.4, -0.2) is 75.9 Å². The number of piperazine rings is 1. The van der Waals surface area contributed by atoms with Crippen LogP contribution in [0.2, 0.25) is 0 Å². The van der Waals surface area contributed by atoms with Gasteiger partial charge in [-0.25, -0.2) is 4.98 Å². The molecule has 1 N–H and O–H groups in total. The molecule has 0 saturated carbocycles. The lowest BCUT2D eigenvalue weighted by atomic mass is 10.2. The van der Waals surface area contributed by atoms with Gasteiger partial charge >= 0.3 is 0 Å². The Labute approximate surface area is 198 Å². The highest BCUT2D eigenvalue weighted by Crippen LogP contribution is 2.40. The van der Waals surface area contributed by atoms with E-state index in [0.717, 1.165) is 65.3 Å². The number of thiazole rings is 1. The number of amides is 1. The predicted molar refractivity (Wildman–Crippen MR) is 131 cm³/mol. The molecule has 2 aromatic carbocycles. The molecular formula is C24H30N4O4S. The molecule has 1 aromatic heterocycles. The smallest absolute Gasteiger partial charge is 0.251 e. The fraction of sp³-hybridized carbons (Fsp3) is 0.417. The van der Waals surface area contributed by atoms with Gasteiger partial charge in [-0.3, -0.25) is 9.69 Å². The van der Waals surface area contributed by atoms with Crippen molar-refractivity contribution in [1.82, 2.24) is 15.2 Å². The van der Waals surface area contributed by atoms with Crippen molar-refractivity contribution in [2.75, 3.05) is 65.0 Å². The van der Waals surface area contributed by atoms with Gasteiger partial charge in [-0.2, -0.15) is 0 Å². The molecule has 0 spiro atoms. The van der Waals surface area contributed by atoms with E-state index in [1.54, 1.807) is 37.7 Å². The molecule has 0 unspecified atom stereocenters. The van der Waals surface area contributed by atoms with Gasteiger partial charge in [0, 0.05) is 44.8 Å². The topological polar surface area (TPSA) is 76.2 Å². The number of fused-ring (bicyclic) bond motifs is 1. The Balaban J connectivity index is 1.27. The number of nitrogens with zero attached hydrogens (tertiary/aromatic N) is 3. The van der Waals surface area contributed by atoms with Crippen LogP contribution in [0.4, 0.5) is 5.13 Å². The number of nitrogens with one attached hydrogen (secondary N) is 1. The average molecular weight is 471 g/mol. The summed E-state index contributed by atoms with van der Waals surface area (Å²) >= 11 is 1.63. The third-order valence-electron chi connectivity index (χ3n) is 5.68. The van der Waals surface area contributed by atoms with Crippen LogP contribution < -0.4 is 24.4 Å². The second-order valence-electron chi connectivity index (χ2n) is 7.69. The number of anilines is 1. The summed E-state index contributed by atoms with van der Waals surface area (Å²) in [5, 5.41) is 3.99. The Morgan fingerprint density at radius 2 is 1.73 bits per heavy atom. The SMILES string of the molecule is CCOc1ccc(C(=O)NCCN2CCN(c3nc4c(OC)ccc(OC)c4s3)CC2)cc1. The molecule has 0 atom stereocenters. The highest BCUT2D eigenvalue weighted by Gasteiger charge is 2.22. The van der Waals surface area contributed by atoms with Crippen LogP contribution in [0.5, 0.6) is 17.2 Å². The van der Waals surface area contributed by atoms with Crippen LogP contribution >= 0.6 is 11.3 Å². The molecule has 1 amide bonds. The molecule has 0 aliphatic carbocycles. The fourth-order valence-corrected chi connectivity index (χ4v) is 5.00. The van der Waals surface area contributed by atoms with Crippen LogP contribution in [0.25, 0.3) is 10.2 Å². The minimum Gasteiger partial charge on any atom is -0.495 e. The quantitative estimate of drug-likeness (QED) is 0.514. The van der Waals surface area contributed by atoms with E-state index in [9.17, 15) is 4.79 Å². The van der Waals surface area contributed by atoms with Gasteiger partial charge < -0.3 is 24.4 Å². The van der Waals surface area contributed by atoms with Gasteiger partial charge in [-0.05, 0) is 43.3 Å². The standard InChI is InChI=1S/C24H30N4O4S/c1-4-32-18-7-5-17(6-8-18)23(29)25-11-12-27-13-15-28(16-14-27)24-26-21-19(30-2)9-10-20(31-3)22(21)33-24/h5-10H,4,11-16H2,1-3H3,(H,25,29). The first-order chi connectivity index (χ1) is 16.1. The molecule has 176 valence electrons. The monoisotopic (exact) mass is 470 g/mol. The predicted octanol–water partition coefficient (Wildman–Crippen LogP) is 3.26. The summed E-state index contributed by atoms with van der Waals surface area (Å²) < 4.78 is 17.4. The number of methoxy groups -OCH3 is 2. The van der Waals surface area contributed by atoms with Crippen molar-refractivity contribution in [3.63, 3.8) is 0 Å². The molecule has 1 saturated heterocycles. The summed E-state index contributed by atoms with van der Waals surface area (Å²) in [5.74, 6) is 2.29. The Kier molecular flexibility index (Phi) is 7.51. The lowest BCUT2D eigenvalue weighted by molar-refractivity contribution is 0.0947.